The van der Waals surface area contributed by atoms with Crippen LogP contribution in [-0.2, 0) is 5.41 Å². The second-order valence-electron chi connectivity index (χ2n) is 8.39. The number of hydrogen-bond donors (Lipinski definition) is 1. The Balaban J connectivity index is 1.90. The predicted octanol–water partition coefficient (Wildman–Crippen LogP) is 5.72. The van der Waals surface area contributed by atoms with E-state index in [1.54, 1.807) is 0 Å². The minimum atomic E-state index is -0.167. The minimum absolute atomic E-state index is 0.0459. The molecule has 0 fully saturated rings. The second kappa shape index (κ2) is 7.58. The monoisotopic (exact) mass is 377 g/mol. The van der Waals surface area contributed by atoms with Gasteiger partial charge in [-0.1, -0.05) is 64.0 Å². The molecule has 28 heavy (non-hydrogen) atoms. The highest BCUT2D eigenvalue weighted by molar-refractivity contribution is 6.06. The predicted molar refractivity (Wildman–Crippen MR) is 112 cm³/mol. The number of amides is 1. The Bertz CT molecular complexity index is 980. The summed E-state index contributed by atoms with van der Waals surface area (Å²) in [4.78, 5) is 17.3. The average Bonchev–Trinajstić information content (AvgIpc) is 3.13. The fourth-order valence-corrected chi connectivity index (χ4v) is 2.90. The highest BCUT2D eigenvalue weighted by Gasteiger charge is 2.19. The van der Waals surface area contributed by atoms with Crippen LogP contribution in [0.1, 0.15) is 67.8 Å². The molecular weight excluding hydrogens is 350 g/mol. The van der Waals surface area contributed by atoms with Gasteiger partial charge in [0.2, 0.25) is 0 Å². The fourth-order valence-electron chi connectivity index (χ4n) is 2.90. The summed E-state index contributed by atoms with van der Waals surface area (Å²) in [5, 5.41) is 7.06. The van der Waals surface area contributed by atoms with Crippen molar-refractivity contribution in [2.24, 2.45) is 0 Å². The van der Waals surface area contributed by atoms with Crippen molar-refractivity contribution < 1.29 is 9.32 Å². The lowest BCUT2D eigenvalue weighted by molar-refractivity contribution is 0.102. The summed E-state index contributed by atoms with van der Waals surface area (Å²) in [5.41, 5.74) is 4.18. The summed E-state index contributed by atoms with van der Waals surface area (Å²) in [6.07, 6.45) is 0. The largest absolute Gasteiger partial charge is 0.334 e. The van der Waals surface area contributed by atoms with E-state index in [9.17, 15) is 4.79 Å². The molecule has 0 saturated carbocycles. The summed E-state index contributed by atoms with van der Waals surface area (Å²) in [5.74, 6) is 1.05. The molecule has 0 aliphatic rings. The van der Waals surface area contributed by atoms with Gasteiger partial charge in [0.15, 0.2) is 5.82 Å². The molecular formula is C23H27N3O2. The maximum atomic E-state index is 12.8. The molecule has 0 aliphatic carbocycles. The summed E-state index contributed by atoms with van der Waals surface area (Å²) in [6, 6.07) is 13.5. The number of benzene rings is 2. The molecule has 1 amide bonds. The summed E-state index contributed by atoms with van der Waals surface area (Å²) in [7, 11) is 0. The molecule has 0 spiro atoms. The number of aryl methyl sites for hydroxylation is 1. The van der Waals surface area contributed by atoms with Crippen LogP contribution in [0.5, 0.6) is 0 Å². The summed E-state index contributed by atoms with van der Waals surface area (Å²) >= 11 is 0. The Morgan fingerprint density at radius 2 is 1.75 bits per heavy atom. The second-order valence-corrected chi connectivity index (χ2v) is 8.39. The molecule has 2 aromatic carbocycles. The first-order chi connectivity index (χ1) is 13.2. The van der Waals surface area contributed by atoms with Crippen molar-refractivity contribution in [2.45, 2.75) is 52.9 Å². The third-order valence-electron chi connectivity index (χ3n) is 4.71. The standard InChI is InChI=1S/C23H27N3O2/c1-14(2)20-25-22(28-26-20)18-9-7-8-15(3)19(18)24-21(27)16-10-12-17(13-11-16)23(4,5)6/h7-14H,1-6H3,(H,24,27). The van der Waals surface area contributed by atoms with E-state index in [1.807, 2.05) is 63.2 Å². The van der Waals surface area contributed by atoms with E-state index >= 15 is 0 Å². The number of aromatic nitrogens is 2. The number of carbonyl (C=O) groups excluding carboxylic acids is 1. The maximum absolute atomic E-state index is 12.8. The normalized spacial score (nSPS) is 11.7. The smallest absolute Gasteiger partial charge is 0.260 e. The molecule has 0 bridgehead atoms. The van der Waals surface area contributed by atoms with E-state index in [0.29, 0.717) is 23.0 Å². The zero-order valence-corrected chi connectivity index (χ0v) is 17.3. The van der Waals surface area contributed by atoms with Gasteiger partial charge in [0.05, 0.1) is 11.3 Å². The van der Waals surface area contributed by atoms with Gasteiger partial charge in [0.1, 0.15) is 0 Å². The number of nitrogens with zero attached hydrogens (tertiary/aromatic N) is 2. The molecule has 3 rings (SSSR count). The van der Waals surface area contributed by atoms with E-state index in [0.717, 1.165) is 11.1 Å². The van der Waals surface area contributed by atoms with E-state index < -0.39 is 0 Å². The van der Waals surface area contributed by atoms with Gasteiger partial charge in [-0.15, -0.1) is 0 Å². The van der Waals surface area contributed by atoms with Crippen molar-refractivity contribution in [3.63, 3.8) is 0 Å². The molecule has 146 valence electrons. The first-order valence-corrected chi connectivity index (χ1v) is 9.52. The van der Waals surface area contributed by atoms with Crippen molar-refractivity contribution in [2.75, 3.05) is 5.32 Å². The number of nitrogens with one attached hydrogen (secondary N) is 1. The highest BCUT2D eigenvalue weighted by Crippen LogP contribution is 2.31. The van der Waals surface area contributed by atoms with Crippen LogP contribution in [0.3, 0.4) is 0 Å². The third-order valence-corrected chi connectivity index (χ3v) is 4.71. The molecule has 0 unspecified atom stereocenters. The van der Waals surface area contributed by atoms with Crippen LogP contribution in [-0.4, -0.2) is 16.0 Å². The van der Waals surface area contributed by atoms with Gasteiger partial charge in [-0.25, -0.2) is 0 Å². The molecule has 1 heterocycles. The first-order valence-electron chi connectivity index (χ1n) is 9.52. The molecule has 0 radical (unpaired) electrons. The quantitative estimate of drug-likeness (QED) is 0.631. The van der Waals surface area contributed by atoms with E-state index in [2.05, 4.69) is 36.2 Å². The van der Waals surface area contributed by atoms with Gasteiger partial charge >= 0.3 is 0 Å². The Labute approximate surface area is 166 Å². The van der Waals surface area contributed by atoms with Gasteiger partial charge in [-0.3, -0.25) is 4.79 Å². The lowest BCUT2D eigenvalue weighted by Crippen LogP contribution is -2.15. The van der Waals surface area contributed by atoms with E-state index in [1.165, 1.54) is 5.56 Å². The van der Waals surface area contributed by atoms with Crippen molar-refractivity contribution in [1.29, 1.82) is 0 Å². The Hall–Kier alpha value is -2.95. The van der Waals surface area contributed by atoms with Crippen molar-refractivity contribution >= 4 is 11.6 Å². The molecule has 0 atom stereocenters. The third kappa shape index (κ3) is 4.14. The lowest BCUT2D eigenvalue weighted by Gasteiger charge is -2.19. The maximum Gasteiger partial charge on any atom is 0.260 e. The van der Waals surface area contributed by atoms with Gasteiger partial charge in [-0.05, 0) is 41.7 Å². The van der Waals surface area contributed by atoms with Crippen LogP contribution in [0.15, 0.2) is 47.0 Å². The SMILES string of the molecule is Cc1cccc(-c2nc(C(C)C)no2)c1NC(=O)c1ccc(C(C)(C)C)cc1. The Morgan fingerprint density at radius 3 is 2.32 bits per heavy atom. The number of para-hydroxylation sites is 1. The fraction of sp³-hybridized carbons (Fsp3) is 0.348. The van der Waals surface area contributed by atoms with Crippen LogP contribution in [0, 0.1) is 6.92 Å². The first kappa shape index (κ1) is 19.8. The molecule has 5 heteroatoms. The van der Waals surface area contributed by atoms with Crippen LogP contribution < -0.4 is 5.32 Å². The number of hydrogen-bond acceptors (Lipinski definition) is 4. The van der Waals surface area contributed by atoms with E-state index in [-0.39, 0.29) is 17.2 Å². The molecule has 0 aliphatic heterocycles. The van der Waals surface area contributed by atoms with Crippen LogP contribution >= 0.6 is 0 Å². The molecule has 3 aromatic rings. The Kier molecular flexibility index (Phi) is 5.36. The van der Waals surface area contributed by atoms with Crippen molar-refractivity contribution in [3.05, 3.63) is 65.0 Å². The zero-order chi connectivity index (χ0) is 20.5. The average molecular weight is 377 g/mol. The van der Waals surface area contributed by atoms with Crippen LogP contribution in [0.2, 0.25) is 0 Å². The highest BCUT2D eigenvalue weighted by atomic mass is 16.5. The van der Waals surface area contributed by atoms with Crippen molar-refractivity contribution in [1.82, 2.24) is 10.1 Å². The molecule has 1 N–H and O–H groups in total. The lowest BCUT2D eigenvalue weighted by atomic mass is 9.86. The molecule has 1 aromatic heterocycles. The zero-order valence-electron chi connectivity index (χ0n) is 17.3. The van der Waals surface area contributed by atoms with Crippen LogP contribution in [0.25, 0.3) is 11.5 Å². The topological polar surface area (TPSA) is 68.0 Å². The molecule has 0 saturated heterocycles. The number of anilines is 1. The van der Waals surface area contributed by atoms with Gasteiger partial charge < -0.3 is 9.84 Å². The summed E-state index contributed by atoms with van der Waals surface area (Å²) in [6.45, 7) is 12.4. The Morgan fingerprint density at radius 1 is 1.07 bits per heavy atom. The van der Waals surface area contributed by atoms with E-state index in [4.69, 9.17) is 4.52 Å². The van der Waals surface area contributed by atoms with Crippen LogP contribution in [0.4, 0.5) is 5.69 Å². The number of rotatable bonds is 4. The minimum Gasteiger partial charge on any atom is -0.334 e. The van der Waals surface area contributed by atoms with Gasteiger partial charge in [0.25, 0.3) is 11.8 Å². The molecule has 5 nitrogen and oxygen atoms in total. The summed E-state index contributed by atoms with van der Waals surface area (Å²) < 4.78 is 5.44. The number of carbonyl (C=O) groups is 1. The van der Waals surface area contributed by atoms with Gasteiger partial charge in [0, 0.05) is 11.5 Å². The van der Waals surface area contributed by atoms with Crippen molar-refractivity contribution in [3.8, 4) is 11.5 Å². The van der Waals surface area contributed by atoms with Gasteiger partial charge in [-0.2, -0.15) is 4.98 Å².